The molecule has 1 saturated heterocycles. The van der Waals surface area contributed by atoms with Gasteiger partial charge < -0.3 is 14.1 Å². The van der Waals surface area contributed by atoms with Crippen molar-refractivity contribution in [3.8, 4) is 5.75 Å². The molecule has 4 rings (SSSR count). The number of likely N-dealkylation sites (tertiary alicyclic amines) is 1. The number of rotatable bonds is 5. The van der Waals surface area contributed by atoms with Crippen molar-refractivity contribution in [2.75, 3.05) is 13.2 Å². The number of piperidine rings is 1. The molecule has 1 aromatic heterocycles. The second kappa shape index (κ2) is 8.64. The van der Waals surface area contributed by atoms with Crippen molar-refractivity contribution in [2.45, 2.75) is 78.2 Å². The summed E-state index contributed by atoms with van der Waals surface area (Å²) in [4.78, 5) is 15.1. The zero-order valence-electron chi connectivity index (χ0n) is 18.1. The highest BCUT2D eigenvalue weighted by atomic mass is 16.5. The SMILES string of the molecule is CCOc1cc2oc3c(c2cc1/C(C)=C/C(=O)N1CCCCC1CC)CCCC3. The van der Waals surface area contributed by atoms with Crippen LogP contribution in [0.15, 0.2) is 22.6 Å². The van der Waals surface area contributed by atoms with E-state index >= 15 is 0 Å². The van der Waals surface area contributed by atoms with Gasteiger partial charge in [-0.25, -0.2) is 0 Å². The highest BCUT2D eigenvalue weighted by molar-refractivity contribution is 5.97. The van der Waals surface area contributed by atoms with Gasteiger partial charge in [-0.1, -0.05) is 6.92 Å². The van der Waals surface area contributed by atoms with Gasteiger partial charge in [-0.3, -0.25) is 4.79 Å². The maximum atomic E-state index is 13.1. The molecule has 4 nitrogen and oxygen atoms in total. The number of amides is 1. The lowest BCUT2D eigenvalue weighted by Gasteiger charge is -2.34. The summed E-state index contributed by atoms with van der Waals surface area (Å²) in [6, 6.07) is 4.57. The minimum atomic E-state index is 0.130. The van der Waals surface area contributed by atoms with E-state index in [-0.39, 0.29) is 5.91 Å². The molecule has 1 aliphatic carbocycles. The Morgan fingerprint density at radius 3 is 2.83 bits per heavy atom. The molecular formula is C25H33NO3. The van der Waals surface area contributed by atoms with Crippen molar-refractivity contribution in [2.24, 2.45) is 0 Å². The number of ether oxygens (including phenoxy) is 1. The third-order valence-electron chi connectivity index (χ3n) is 6.50. The summed E-state index contributed by atoms with van der Waals surface area (Å²) >= 11 is 0. The summed E-state index contributed by atoms with van der Waals surface area (Å²) in [7, 11) is 0. The minimum Gasteiger partial charge on any atom is -0.493 e. The molecule has 2 aliphatic rings. The molecule has 1 aliphatic heterocycles. The van der Waals surface area contributed by atoms with E-state index in [1.54, 1.807) is 0 Å². The average Bonchev–Trinajstić information content (AvgIpc) is 3.10. The molecule has 1 fully saturated rings. The van der Waals surface area contributed by atoms with Crippen molar-refractivity contribution in [1.29, 1.82) is 0 Å². The van der Waals surface area contributed by atoms with E-state index in [2.05, 4.69) is 17.9 Å². The normalized spacial score (nSPS) is 20.0. The van der Waals surface area contributed by atoms with Gasteiger partial charge in [-0.05, 0) is 70.4 Å². The number of aryl methyl sites for hydroxylation is 2. The first-order valence-corrected chi connectivity index (χ1v) is 11.3. The number of carbonyl (C=O) groups is 1. The van der Waals surface area contributed by atoms with Crippen molar-refractivity contribution in [1.82, 2.24) is 4.90 Å². The highest BCUT2D eigenvalue weighted by Crippen LogP contribution is 2.38. The van der Waals surface area contributed by atoms with Crippen LogP contribution >= 0.6 is 0 Å². The molecule has 1 amide bonds. The average molecular weight is 396 g/mol. The lowest BCUT2D eigenvalue weighted by Crippen LogP contribution is -2.42. The summed E-state index contributed by atoms with van der Waals surface area (Å²) in [6.07, 6.45) is 10.8. The Morgan fingerprint density at radius 1 is 1.21 bits per heavy atom. The fourth-order valence-corrected chi connectivity index (χ4v) is 4.93. The van der Waals surface area contributed by atoms with Crippen molar-refractivity contribution in [3.63, 3.8) is 0 Å². The molecule has 0 N–H and O–H groups in total. The Labute approximate surface area is 173 Å². The van der Waals surface area contributed by atoms with Gasteiger partial charge in [0, 0.05) is 47.7 Å². The largest absolute Gasteiger partial charge is 0.493 e. The van der Waals surface area contributed by atoms with E-state index < -0.39 is 0 Å². The van der Waals surface area contributed by atoms with E-state index in [1.165, 1.54) is 30.2 Å². The lowest BCUT2D eigenvalue weighted by molar-refractivity contribution is -0.129. The van der Waals surface area contributed by atoms with Gasteiger partial charge in [0.15, 0.2) is 0 Å². The van der Waals surface area contributed by atoms with Crippen LogP contribution in [0.3, 0.4) is 0 Å². The summed E-state index contributed by atoms with van der Waals surface area (Å²) in [6.45, 7) is 7.65. The molecular weight excluding hydrogens is 362 g/mol. The molecule has 0 bridgehead atoms. The quantitative estimate of drug-likeness (QED) is 0.592. The summed E-state index contributed by atoms with van der Waals surface area (Å²) in [5, 5.41) is 1.18. The van der Waals surface area contributed by atoms with Crippen molar-refractivity contribution < 1.29 is 13.9 Å². The van der Waals surface area contributed by atoms with Crippen LogP contribution < -0.4 is 4.74 Å². The molecule has 1 atom stereocenters. The maximum absolute atomic E-state index is 13.1. The van der Waals surface area contributed by atoms with Gasteiger partial charge in [0.05, 0.1) is 6.61 Å². The van der Waals surface area contributed by atoms with Crippen LogP contribution in [-0.2, 0) is 17.6 Å². The third-order valence-corrected chi connectivity index (χ3v) is 6.50. The molecule has 29 heavy (non-hydrogen) atoms. The fourth-order valence-electron chi connectivity index (χ4n) is 4.93. The number of carbonyl (C=O) groups excluding carboxylic acids is 1. The van der Waals surface area contributed by atoms with E-state index in [1.807, 2.05) is 26.0 Å². The maximum Gasteiger partial charge on any atom is 0.247 e. The van der Waals surface area contributed by atoms with Crippen LogP contribution in [0.1, 0.15) is 76.2 Å². The number of hydrogen-bond donors (Lipinski definition) is 0. The van der Waals surface area contributed by atoms with E-state index in [9.17, 15) is 4.79 Å². The fraction of sp³-hybridized carbons (Fsp3) is 0.560. The van der Waals surface area contributed by atoms with Gasteiger partial charge in [-0.15, -0.1) is 0 Å². The third kappa shape index (κ3) is 3.94. The molecule has 2 aromatic rings. The molecule has 2 heterocycles. The smallest absolute Gasteiger partial charge is 0.247 e. The van der Waals surface area contributed by atoms with Gasteiger partial charge in [0.25, 0.3) is 0 Å². The highest BCUT2D eigenvalue weighted by Gasteiger charge is 2.25. The number of fused-ring (bicyclic) bond motifs is 3. The van der Waals surface area contributed by atoms with E-state index in [4.69, 9.17) is 9.15 Å². The van der Waals surface area contributed by atoms with Crippen LogP contribution in [0.25, 0.3) is 16.5 Å². The Balaban J connectivity index is 1.71. The van der Waals surface area contributed by atoms with Gasteiger partial charge >= 0.3 is 0 Å². The molecule has 0 spiro atoms. The predicted octanol–water partition coefficient (Wildman–Crippen LogP) is 5.90. The first-order chi connectivity index (χ1) is 14.1. The topological polar surface area (TPSA) is 42.7 Å². The Bertz CT molecular complexity index is 924. The zero-order chi connectivity index (χ0) is 20.4. The van der Waals surface area contributed by atoms with Gasteiger partial charge in [-0.2, -0.15) is 0 Å². The number of furan rings is 1. The Kier molecular flexibility index (Phi) is 5.98. The van der Waals surface area contributed by atoms with E-state index in [0.717, 1.165) is 66.9 Å². The first kappa shape index (κ1) is 20.1. The van der Waals surface area contributed by atoms with Crippen LogP contribution in [0.5, 0.6) is 5.75 Å². The first-order valence-electron chi connectivity index (χ1n) is 11.3. The lowest BCUT2D eigenvalue weighted by atomic mass is 9.94. The van der Waals surface area contributed by atoms with E-state index in [0.29, 0.717) is 12.6 Å². The summed E-state index contributed by atoms with van der Waals surface area (Å²) in [5.41, 5.74) is 4.22. The number of allylic oxidation sites excluding steroid dienone is 1. The number of benzene rings is 1. The standard InChI is InChI=1S/C25H33NO3/c1-4-18-10-8-9-13-26(18)25(27)14-17(3)20-15-21-19-11-6-7-12-22(19)29-24(21)16-23(20)28-5-2/h14-16,18H,4-13H2,1-3H3/b17-14+. The predicted molar refractivity (Wildman–Crippen MR) is 117 cm³/mol. The molecule has 1 unspecified atom stereocenters. The summed E-state index contributed by atoms with van der Waals surface area (Å²) in [5.74, 6) is 2.06. The molecule has 0 radical (unpaired) electrons. The monoisotopic (exact) mass is 395 g/mol. The van der Waals surface area contributed by atoms with Gasteiger partial charge in [0.1, 0.15) is 17.1 Å². The van der Waals surface area contributed by atoms with Crippen LogP contribution in [0.4, 0.5) is 0 Å². The van der Waals surface area contributed by atoms with Crippen molar-refractivity contribution >= 4 is 22.4 Å². The van der Waals surface area contributed by atoms with Crippen molar-refractivity contribution in [3.05, 3.63) is 35.1 Å². The van der Waals surface area contributed by atoms with Crippen LogP contribution in [-0.4, -0.2) is 30.0 Å². The second-order valence-corrected chi connectivity index (χ2v) is 8.41. The Hall–Kier alpha value is -2.23. The molecule has 1 aromatic carbocycles. The summed E-state index contributed by atoms with van der Waals surface area (Å²) < 4.78 is 12.1. The number of hydrogen-bond acceptors (Lipinski definition) is 3. The zero-order valence-corrected chi connectivity index (χ0v) is 18.1. The molecule has 156 valence electrons. The molecule has 0 saturated carbocycles. The van der Waals surface area contributed by atoms with Crippen LogP contribution in [0, 0.1) is 0 Å². The minimum absolute atomic E-state index is 0.130. The second-order valence-electron chi connectivity index (χ2n) is 8.41. The molecule has 4 heteroatoms. The van der Waals surface area contributed by atoms with Gasteiger partial charge in [0.2, 0.25) is 5.91 Å². The Morgan fingerprint density at radius 2 is 2.03 bits per heavy atom. The number of nitrogens with zero attached hydrogens (tertiary/aromatic N) is 1. The van der Waals surface area contributed by atoms with Crippen LogP contribution in [0.2, 0.25) is 0 Å².